The van der Waals surface area contributed by atoms with Gasteiger partial charge in [-0.2, -0.15) is 31.6 Å². The second kappa shape index (κ2) is 9.09. The molecule has 0 spiro atoms. The maximum atomic E-state index is 12.9. The van der Waals surface area contributed by atoms with Gasteiger partial charge in [-0.3, -0.25) is 4.79 Å². The van der Waals surface area contributed by atoms with Crippen LogP contribution < -0.4 is 10.6 Å². The summed E-state index contributed by atoms with van der Waals surface area (Å²) in [7, 11) is 0. The third kappa shape index (κ3) is 6.60. The van der Waals surface area contributed by atoms with Crippen LogP contribution in [0.15, 0.2) is 47.4 Å². The molecule has 0 bridgehead atoms. The van der Waals surface area contributed by atoms with Crippen molar-refractivity contribution in [3.05, 3.63) is 53.6 Å². The van der Waals surface area contributed by atoms with Gasteiger partial charge < -0.3 is 10.6 Å². The van der Waals surface area contributed by atoms with E-state index in [1.54, 1.807) is 24.3 Å². The molecule has 0 saturated carbocycles. The minimum atomic E-state index is -4.98. The molecule has 29 heavy (non-hydrogen) atoms. The van der Waals surface area contributed by atoms with E-state index < -0.39 is 41.6 Å². The highest BCUT2D eigenvalue weighted by Gasteiger charge is 2.36. The van der Waals surface area contributed by atoms with Crippen molar-refractivity contribution in [3.8, 4) is 6.07 Å². The van der Waals surface area contributed by atoms with Crippen LogP contribution >= 0.6 is 11.8 Å². The zero-order valence-electron chi connectivity index (χ0n) is 14.5. The van der Waals surface area contributed by atoms with E-state index in [2.05, 4.69) is 10.6 Å². The molecule has 0 atom stereocenters. The van der Waals surface area contributed by atoms with Crippen molar-refractivity contribution >= 4 is 29.0 Å². The van der Waals surface area contributed by atoms with Gasteiger partial charge in [0.2, 0.25) is 5.91 Å². The first-order valence-electron chi connectivity index (χ1n) is 7.92. The van der Waals surface area contributed by atoms with Gasteiger partial charge in [-0.15, -0.1) is 11.8 Å². The number of nitriles is 1. The lowest BCUT2D eigenvalue weighted by Gasteiger charge is -2.15. The number of amides is 1. The predicted molar refractivity (Wildman–Crippen MR) is 96.3 cm³/mol. The zero-order chi connectivity index (χ0) is 21.7. The number of para-hydroxylation sites is 1. The number of hydrogen-bond acceptors (Lipinski definition) is 4. The summed E-state index contributed by atoms with van der Waals surface area (Å²) in [6.07, 6.45) is -9.95. The van der Waals surface area contributed by atoms with E-state index in [-0.39, 0.29) is 11.8 Å². The molecule has 154 valence electrons. The van der Waals surface area contributed by atoms with Crippen LogP contribution in [-0.2, 0) is 17.1 Å². The quantitative estimate of drug-likeness (QED) is 0.474. The zero-order valence-corrected chi connectivity index (χ0v) is 15.3. The number of rotatable bonds is 6. The van der Waals surface area contributed by atoms with Crippen LogP contribution in [0.4, 0.5) is 37.7 Å². The Morgan fingerprint density at radius 3 is 2.14 bits per heavy atom. The molecule has 0 saturated heterocycles. The average Bonchev–Trinajstić information content (AvgIpc) is 2.64. The number of anilines is 2. The van der Waals surface area contributed by atoms with Gasteiger partial charge in [0.1, 0.15) is 0 Å². The number of thioether (sulfide) groups is 1. The number of benzene rings is 2. The molecule has 2 aromatic rings. The molecule has 0 unspecified atom stereocenters. The molecule has 0 heterocycles. The minimum Gasteiger partial charge on any atom is -0.376 e. The van der Waals surface area contributed by atoms with Gasteiger partial charge >= 0.3 is 12.4 Å². The SMILES string of the molecule is N#CCSc1ccccc1NC(=O)CNc1cc(C(F)(F)F)cc(C(F)(F)F)c1. The summed E-state index contributed by atoms with van der Waals surface area (Å²) in [4.78, 5) is 12.7. The maximum absolute atomic E-state index is 12.9. The van der Waals surface area contributed by atoms with Crippen molar-refractivity contribution in [2.75, 3.05) is 22.9 Å². The van der Waals surface area contributed by atoms with E-state index in [0.29, 0.717) is 22.7 Å². The van der Waals surface area contributed by atoms with Gasteiger partial charge in [-0.05, 0) is 30.3 Å². The lowest BCUT2D eigenvalue weighted by atomic mass is 10.1. The number of carbonyl (C=O) groups is 1. The molecule has 0 aliphatic heterocycles. The van der Waals surface area contributed by atoms with Gasteiger partial charge in [0.25, 0.3) is 0 Å². The molecule has 0 fully saturated rings. The second-order valence-electron chi connectivity index (χ2n) is 5.64. The number of nitrogens with zero attached hydrogens (tertiary/aromatic N) is 1. The molecule has 0 aromatic heterocycles. The summed E-state index contributed by atoms with van der Waals surface area (Å²) < 4.78 is 77.2. The largest absolute Gasteiger partial charge is 0.416 e. The predicted octanol–water partition coefficient (Wildman–Crippen LogP) is 5.39. The van der Waals surface area contributed by atoms with Crippen LogP contribution in [0.1, 0.15) is 11.1 Å². The van der Waals surface area contributed by atoms with Crippen molar-refractivity contribution in [3.63, 3.8) is 0 Å². The summed E-state index contributed by atoms with van der Waals surface area (Å²) in [5.74, 6) is -0.545. The van der Waals surface area contributed by atoms with E-state index >= 15 is 0 Å². The first-order chi connectivity index (χ1) is 13.5. The summed E-state index contributed by atoms with van der Waals surface area (Å²) >= 11 is 1.17. The average molecular weight is 433 g/mol. The van der Waals surface area contributed by atoms with Crippen LogP contribution in [0, 0.1) is 11.3 Å². The normalized spacial score (nSPS) is 11.6. The number of carbonyl (C=O) groups excluding carboxylic acids is 1. The summed E-state index contributed by atoms with van der Waals surface area (Å²) in [5, 5.41) is 13.4. The fraction of sp³-hybridized carbons (Fsp3) is 0.222. The van der Waals surface area contributed by atoms with Gasteiger partial charge in [0.15, 0.2) is 0 Å². The van der Waals surface area contributed by atoms with E-state index in [1.165, 1.54) is 11.8 Å². The fourth-order valence-electron chi connectivity index (χ4n) is 2.24. The Morgan fingerprint density at radius 2 is 1.59 bits per heavy atom. The summed E-state index contributed by atoms with van der Waals surface area (Å²) in [6, 6.07) is 9.47. The molecule has 0 aliphatic rings. The topological polar surface area (TPSA) is 64.9 Å². The van der Waals surface area contributed by atoms with Crippen LogP contribution in [0.25, 0.3) is 0 Å². The molecular formula is C18H13F6N3OS. The highest BCUT2D eigenvalue weighted by Crippen LogP contribution is 2.37. The Labute approximate surface area is 165 Å². The molecule has 4 nitrogen and oxygen atoms in total. The van der Waals surface area contributed by atoms with Crippen molar-refractivity contribution in [2.45, 2.75) is 17.2 Å². The second-order valence-corrected chi connectivity index (χ2v) is 6.66. The van der Waals surface area contributed by atoms with Crippen LogP contribution in [0.5, 0.6) is 0 Å². The third-order valence-corrected chi connectivity index (χ3v) is 4.43. The molecule has 11 heteroatoms. The van der Waals surface area contributed by atoms with Gasteiger partial charge in [-0.25, -0.2) is 0 Å². The molecule has 1 amide bonds. The number of alkyl halides is 6. The summed E-state index contributed by atoms with van der Waals surface area (Å²) in [6.45, 7) is -0.560. The number of halogens is 6. The van der Waals surface area contributed by atoms with E-state index in [0.717, 1.165) is 0 Å². The molecule has 2 rings (SSSR count). The fourth-order valence-corrected chi connectivity index (χ4v) is 2.91. The van der Waals surface area contributed by atoms with E-state index in [1.807, 2.05) is 6.07 Å². The highest BCUT2D eigenvalue weighted by atomic mass is 32.2. The lowest BCUT2D eigenvalue weighted by Crippen LogP contribution is -2.22. The van der Waals surface area contributed by atoms with Crippen molar-refractivity contribution in [1.82, 2.24) is 0 Å². The Kier molecular flexibility index (Phi) is 7.02. The number of hydrogen-bond donors (Lipinski definition) is 2. The molecule has 2 aromatic carbocycles. The van der Waals surface area contributed by atoms with Crippen molar-refractivity contribution < 1.29 is 31.1 Å². The first kappa shape index (κ1) is 22.4. The van der Waals surface area contributed by atoms with Gasteiger partial charge in [0.05, 0.1) is 35.2 Å². The monoisotopic (exact) mass is 433 g/mol. The molecular weight excluding hydrogens is 420 g/mol. The first-order valence-corrected chi connectivity index (χ1v) is 8.91. The Bertz CT molecular complexity index is 889. The van der Waals surface area contributed by atoms with Crippen LogP contribution in [0.2, 0.25) is 0 Å². The molecule has 0 radical (unpaired) electrons. The smallest absolute Gasteiger partial charge is 0.376 e. The van der Waals surface area contributed by atoms with Gasteiger partial charge in [0, 0.05) is 10.6 Å². The van der Waals surface area contributed by atoms with Crippen molar-refractivity contribution in [1.29, 1.82) is 5.26 Å². The van der Waals surface area contributed by atoms with E-state index in [9.17, 15) is 31.1 Å². The third-order valence-electron chi connectivity index (χ3n) is 3.49. The van der Waals surface area contributed by atoms with Gasteiger partial charge in [-0.1, -0.05) is 12.1 Å². The minimum absolute atomic E-state index is 0.00785. The maximum Gasteiger partial charge on any atom is 0.416 e. The highest BCUT2D eigenvalue weighted by molar-refractivity contribution is 7.99. The Morgan fingerprint density at radius 1 is 1.00 bits per heavy atom. The van der Waals surface area contributed by atoms with Crippen LogP contribution in [0.3, 0.4) is 0 Å². The molecule has 2 N–H and O–H groups in total. The lowest BCUT2D eigenvalue weighted by molar-refractivity contribution is -0.143. The Balaban J connectivity index is 2.14. The van der Waals surface area contributed by atoms with Crippen molar-refractivity contribution in [2.24, 2.45) is 0 Å². The number of nitrogens with one attached hydrogen (secondary N) is 2. The van der Waals surface area contributed by atoms with Crippen LogP contribution in [-0.4, -0.2) is 18.2 Å². The summed E-state index contributed by atoms with van der Waals surface area (Å²) in [5.41, 5.74) is -3.07. The Hall–Kier alpha value is -2.87. The molecule has 0 aliphatic carbocycles. The standard InChI is InChI=1S/C18H13F6N3OS/c19-17(20,21)11-7-12(18(22,23)24)9-13(8-11)26-10-16(28)27-14-3-1-2-4-15(14)29-6-5-25/h1-4,7-9,26H,6,10H2,(H,27,28). The van der Waals surface area contributed by atoms with E-state index in [4.69, 9.17) is 5.26 Å².